The summed E-state index contributed by atoms with van der Waals surface area (Å²) in [7, 11) is 0. The van der Waals surface area contributed by atoms with E-state index in [1.807, 2.05) is 0 Å². The van der Waals surface area contributed by atoms with E-state index >= 15 is 0 Å². The molecule has 0 aromatic heterocycles. The molecule has 1 atom stereocenters. The molecule has 0 N–H and O–H groups in total. The van der Waals surface area contributed by atoms with Crippen LogP contribution in [0.4, 0.5) is 5.69 Å². The van der Waals surface area contributed by atoms with Gasteiger partial charge in [0.25, 0.3) is 5.69 Å². The molecule has 16 heavy (non-hydrogen) atoms. The minimum absolute atomic E-state index is 0.0489. The molecule has 1 fully saturated rings. The lowest BCUT2D eigenvalue weighted by molar-refractivity contribution is -0.384. The van der Waals surface area contributed by atoms with E-state index in [9.17, 15) is 10.1 Å². The Hall–Kier alpha value is -1.66. The Morgan fingerprint density at radius 1 is 1.44 bits per heavy atom. The Labute approximate surface area is 91.9 Å². The molecule has 0 bridgehead atoms. The summed E-state index contributed by atoms with van der Waals surface area (Å²) in [4.78, 5) is 9.96. The molecule has 1 unspecified atom stereocenters. The maximum atomic E-state index is 10.4. The van der Waals surface area contributed by atoms with Gasteiger partial charge in [0.2, 0.25) is 0 Å². The number of rotatable bonds is 4. The van der Waals surface area contributed by atoms with Crippen molar-refractivity contribution in [2.24, 2.45) is 0 Å². The van der Waals surface area contributed by atoms with Gasteiger partial charge in [0, 0.05) is 12.1 Å². The van der Waals surface area contributed by atoms with Crippen LogP contribution in [0.5, 0.6) is 5.75 Å². The van der Waals surface area contributed by atoms with E-state index in [1.54, 1.807) is 12.1 Å². The molecule has 1 aliphatic rings. The van der Waals surface area contributed by atoms with Crippen LogP contribution in [-0.2, 0) is 9.47 Å². The second kappa shape index (κ2) is 4.91. The number of nitrogens with zero attached hydrogens (tertiary/aromatic N) is 1. The summed E-state index contributed by atoms with van der Waals surface area (Å²) in [6.07, 6.45) is -0.0600. The summed E-state index contributed by atoms with van der Waals surface area (Å²) < 4.78 is 15.6. The summed E-state index contributed by atoms with van der Waals surface area (Å²) in [5, 5.41) is 10.4. The summed E-state index contributed by atoms with van der Waals surface area (Å²) in [6, 6.07) is 5.94. The topological polar surface area (TPSA) is 70.8 Å². The van der Waals surface area contributed by atoms with Gasteiger partial charge in [0.05, 0.1) is 11.5 Å². The Bertz CT molecular complexity index is 358. The fraction of sp³-hybridized carbons (Fsp3) is 0.400. The van der Waals surface area contributed by atoms with Gasteiger partial charge in [-0.15, -0.1) is 0 Å². The zero-order valence-electron chi connectivity index (χ0n) is 8.50. The summed E-state index contributed by atoms with van der Waals surface area (Å²) in [6.45, 7) is 1.21. The van der Waals surface area contributed by atoms with Gasteiger partial charge in [-0.05, 0) is 12.1 Å². The van der Waals surface area contributed by atoms with Gasteiger partial charge in [0.15, 0.2) is 0 Å². The van der Waals surface area contributed by atoms with E-state index in [2.05, 4.69) is 0 Å². The van der Waals surface area contributed by atoms with Crippen LogP contribution in [0.2, 0.25) is 0 Å². The van der Waals surface area contributed by atoms with Gasteiger partial charge >= 0.3 is 0 Å². The van der Waals surface area contributed by atoms with Crippen LogP contribution in [0.15, 0.2) is 24.3 Å². The molecule has 1 aliphatic heterocycles. The molecule has 0 saturated carbocycles. The van der Waals surface area contributed by atoms with Crippen molar-refractivity contribution in [1.82, 2.24) is 0 Å². The van der Waals surface area contributed by atoms with Gasteiger partial charge in [-0.25, -0.2) is 0 Å². The van der Waals surface area contributed by atoms with Gasteiger partial charge < -0.3 is 14.2 Å². The smallest absolute Gasteiger partial charge is 0.269 e. The summed E-state index contributed by atoms with van der Waals surface area (Å²) >= 11 is 0. The third-order valence-electron chi connectivity index (χ3n) is 2.17. The van der Waals surface area contributed by atoms with Crippen LogP contribution < -0.4 is 4.74 Å². The Morgan fingerprint density at radius 2 is 2.19 bits per heavy atom. The number of hydrogen-bond acceptors (Lipinski definition) is 5. The lowest BCUT2D eigenvalue weighted by Gasteiger charge is -2.09. The number of ether oxygens (including phenoxy) is 3. The fourth-order valence-corrected chi connectivity index (χ4v) is 1.32. The number of hydrogen-bond donors (Lipinski definition) is 0. The van der Waals surface area contributed by atoms with Crippen LogP contribution >= 0.6 is 0 Å². The highest BCUT2D eigenvalue weighted by Crippen LogP contribution is 2.17. The molecule has 1 aromatic carbocycles. The maximum Gasteiger partial charge on any atom is 0.269 e. The Kier molecular flexibility index (Phi) is 3.33. The Balaban J connectivity index is 1.87. The minimum Gasteiger partial charge on any atom is -0.491 e. The molecule has 0 radical (unpaired) electrons. The van der Waals surface area contributed by atoms with Crippen LogP contribution in [0, 0.1) is 10.1 Å². The zero-order chi connectivity index (χ0) is 11.4. The quantitative estimate of drug-likeness (QED) is 0.571. The van der Waals surface area contributed by atoms with E-state index in [0.717, 1.165) is 0 Å². The standard InChI is InChI=1S/C10H11NO5/c12-11(13)8-1-3-9(4-2-8)15-6-10-5-14-7-16-10/h1-4,10H,5-7H2. The van der Waals surface area contributed by atoms with Crippen molar-refractivity contribution in [2.75, 3.05) is 20.0 Å². The van der Waals surface area contributed by atoms with E-state index in [-0.39, 0.29) is 11.8 Å². The van der Waals surface area contributed by atoms with Crippen LogP contribution in [-0.4, -0.2) is 31.0 Å². The lowest BCUT2D eigenvalue weighted by atomic mass is 10.3. The average Bonchev–Trinajstić information content (AvgIpc) is 2.80. The van der Waals surface area contributed by atoms with Gasteiger partial charge in [-0.3, -0.25) is 10.1 Å². The second-order valence-electron chi connectivity index (χ2n) is 3.34. The van der Waals surface area contributed by atoms with Crippen molar-refractivity contribution in [1.29, 1.82) is 0 Å². The number of nitro groups is 1. The number of nitro benzene ring substituents is 1. The van der Waals surface area contributed by atoms with Crippen molar-refractivity contribution in [2.45, 2.75) is 6.10 Å². The van der Waals surface area contributed by atoms with E-state index < -0.39 is 4.92 Å². The summed E-state index contributed by atoms with van der Waals surface area (Å²) in [5.41, 5.74) is 0.0489. The molecule has 2 rings (SSSR count). The third-order valence-corrected chi connectivity index (χ3v) is 2.17. The molecule has 6 heteroatoms. The van der Waals surface area contributed by atoms with Gasteiger partial charge in [-0.2, -0.15) is 0 Å². The van der Waals surface area contributed by atoms with Crippen molar-refractivity contribution >= 4 is 5.69 Å². The van der Waals surface area contributed by atoms with E-state index in [1.165, 1.54) is 12.1 Å². The fourth-order valence-electron chi connectivity index (χ4n) is 1.32. The normalized spacial score (nSPS) is 19.6. The van der Waals surface area contributed by atoms with Crippen LogP contribution in [0.3, 0.4) is 0 Å². The first-order valence-electron chi connectivity index (χ1n) is 4.82. The summed E-state index contributed by atoms with van der Waals surface area (Å²) in [5.74, 6) is 0.584. The first-order chi connectivity index (χ1) is 7.75. The molecule has 0 amide bonds. The number of non-ortho nitro benzene ring substituents is 1. The van der Waals surface area contributed by atoms with Crippen molar-refractivity contribution in [3.8, 4) is 5.75 Å². The molecular formula is C10H11NO5. The largest absolute Gasteiger partial charge is 0.491 e. The van der Waals surface area contributed by atoms with Gasteiger partial charge in [0.1, 0.15) is 25.3 Å². The lowest BCUT2D eigenvalue weighted by Crippen LogP contribution is -2.19. The molecule has 1 aromatic rings. The molecule has 6 nitrogen and oxygen atoms in total. The van der Waals surface area contributed by atoms with E-state index in [0.29, 0.717) is 25.8 Å². The van der Waals surface area contributed by atoms with Gasteiger partial charge in [-0.1, -0.05) is 0 Å². The Morgan fingerprint density at radius 3 is 2.75 bits per heavy atom. The van der Waals surface area contributed by atoms with E-state index in [4.69, 9.17) is 14.2 Å². The second-order valence-corrected chi connectivity index (χ2v) is 3.34. The van der Waals surface area contributed by atoms with Crippen molar-refractivity contribution in [3.63, 3.8) is 0 Å². The molecule has 86 valence electrons. The molecular weight excluding hydrogens is 214 g/mol. The highest BCUT2D eigenvalue weighted by molar-refractivity contribution is 5.35. The van der Waals surface area contributed by atoms with Crippen LogP contribution in [0.25, 0.3) is 0 Å². The van der Waals surface area contributed by atoms with Crippen molar-refractivity contribution in [3.05, 3.63) is 34.4 Å². The monoisotopic (exact) mass is 225 g/mol. The SMILES string of the molecule is O=[N+]([O-])c1ccc(OCC2COCO2)cc1. The minimum atomic E-state index is -0.447. The third kappa shape index (κ3) is 2.68. The molecule has 0 aliphatic carbocycles. The highest BCUT2D eigenvalue weighted by Gasteiger charge is 2.16. The zero-order valence-corrected chi connectivity index (χ0v) is 8.50. The van der Waals surface area contributed by atoms with Crippen LogP contribution in [0.1, 0.15) is 0 Å². The average molecular weight is 225 g/mol. The molecule has 1 heterocycles. The predicted molar refractivity (Wildman–Crippen MR) is 54.3 cm³/mol. The van der Waals surface area contributed by atoms with Crippen molar-refractivity contribution < 1.29 is 19.1 Å². The predicted octanol–water partition coefficient (Wildman–Crippen LogP) is 1.35. The number of benzene rings is 1. The maximum absolute atomic E-state index is 10.4. The first-order valence-corrected chi connectivity index (χ1v) is 4.82. The first kappa shape index (κ1) is 10.8. The highest BCUT2D eigenvalue weighted by atomic mass is 16.7. The molecule has 1 saturated heterocycles. The molecule has 0 spiro atoms.